The number of ether oxygens (including phenoxy) is 1. The Morgan fingerprint density at radius 1 is 1.30 bits per heavy atom. The van der Waals surface area contributed by atoms with E-state index in [1.54, 1.807) is 37.3 Å². The zero-order chi connectivity index (χ0) is 14.5. The summed E-state index contributed by atoms with van der Waals surface area (Å²) in [5, 5.41) is 19.1. The molecule has 1 N–H and O–H groups in total. The van der Waals surface area contributed by atoms with Gasteiger partial charge >= 0.3 is 0 Å². The first-order valence-electron chi connectivity index (χ1n) is 6.19. The van der Waals surface area contributed by atoms with Crippen molar-refractivity contribution >= 4 is 11.6 Å². The van der Waals surface area contributed by atoms with Crippen LogP contribution in [0, 0.1) is 11.3 Å². The minimum atomic E-state index is -0.658. The van der Waals surface area contributed by atoms with Crippen LogP contribution >= 0.6 is 11.6 Å². The highest BCUT2D eigenvalue weighted by molar-refractivity contribution is 6.30. The van der Waals surface area contributed by atoms with Gasteiger partial charge in [-0.15, -0.1) is 0 Å². The number of rotatable bonds is 4. The maximum Gasteiger partial charge on any atom is 0.125 e. The van der Waals surface area contributed by atoms with Crippen LogP contribution in [0.25, 0.3) is 0 Å². The molecular weight excluding hydrogens is 274 g/mol. The van der Waals surface area contributed by atoms with Crippen LogP contribution in [0.2, 0.25) is 5.02 Å². The molecule has 0 aliphatic rings. The molecular formula is C16H14ClNO2. The molecule has 2 aromatic carbocycles. The SMILES string of the molecule is C[C@H](O)c1cc(Cl)ccc1OCc1cccc(C#N)c1. The van der Waals surface area contributed by atoms with Gasteiger partial charge in [0.2, 0.25) is 0 Å². The third-order valence-corrected chi connectivity index (χ3v) is 3.11. The molecule has 2 rings (SSSR count). The van der Waals surface area contributed by atoms with Gasteiger partial charge in [0.1, 0.15) is 12.4 Å². The van der Waals surface area contributed by atoms with E-state index in [9.17, 15) is 5.11 Å². The van der Waals surface area contributed by atoms with Gasteiger partial charge in [0, 0.05) is 10.6 Å². The van der Waals surface area contributed by atoms with Gasteiger partial charge in [0.05, 0.1) is 17.7 Å². The number of nitriles is 1. The topological polar surface area (TPSA) is 53.2 Å². The first-order chi connectivity index (χ1) is 9.60. The van der Waals surface area contributed by atoms with Gasteiger partial charge in [0.15, 0.2) is 0 Å². The highest BCUT2D eigenvalue weighted by Crippen LogP contribution is 2.28. The van der Waals surface area contributed by atoms with Gasteiger partial charge < -0.3 is 9.84 Å². The standard InChI is InChI=1S/C16H14ClNO2/c1-11(19)15-8-14(17)5-6-16(15)20-10-13-4-2-3-12(7-13)9-18/h2-8,11,19H,10H2,1H3/t11-/m0/s1. The number of hydrogen-bond donors (Lipinski definition) is 1. The summed E-state index contributed by atoms with van der Waals surface area (Å²) in [6.45, 7) is 1.99. The minimum absolute atomic E-state index is 0.330. The molecule has 0 aliphatic carbocycles. The Morgan fingerprint density at radius 3 is 2.80 bits per heavy atom. The second-order valence-corrected chi connectivity index (χ2v) is 4.90. The summed E-state index contributed by atoms with van der Waals surface area (Å²) in [5.74, 6) is 0.590. The molecule has 102 valence electrons. The van der Waals surface area contributed by atoms with E-state index >= 15 is 0 Å². The van der Waals surface area contributed by atoms with Crippen LogP contribution in [-0.2, 0) is 6.61 Å². The second-order valence-electron chi connectivity index (χ2n) is 4.46. The summed E-state index contributed by atoms with van der Waals surface area (Å²) >= 11 is 5.91. The lowest BCUT2D eigenvalue weighted by molar-refractivity contribution is 0.190. The molecule has 1 atom stereocenters. The van der Waals surface area contributed by atoms with Crippen LogP contribution in [0.15, 0.2) is 42.5 Å². The molecule has 0 amide bonds. The van der Waals surface area contributed by atoms with Crippen molar-refractivity contribution in [3.05, 3.63) is 64.2 Å². The van der Waals surface area contributed by atoms with Gasteiger partial charge in [-0.05, 0) is 42.8 Å². The molecule has 0 unspecified atom stereocenters. The Balaban J connectivity index is 2.16. The molecule has 4 heteroatoms. The van der Waals surface area contributed by atoms with Crippen molar-refractivity contribution < 1.29 is 9.84 Å². The Kier molecular flexibility index (Phi) is 4.62. The van der Waals surface area contributed by atoms with Crippen molar-refractivity contribution in [3.8, 4) is 11.8 Å². The number of aliphatic hydroxyl groups is 1. The number of halogens is 1. The molecule has 0 spiro atoms. The zero-order valence-electron chi connectivity index (χ0n) is 11.0. The van der Waals surface area contributed by atoms with Gasteiger partial charge in [-0.1, -0.05) is 23.7 Å². The van der Waals surface area contributed by atoms with Crippen LogP contribution in [0.5, 0.6) is 5.75 Å². The number of nitrogens with zero attached hydrogens (tertiary/aromatic N) is 1. The molecule has 0 saturated heterocycles. The monoisotopic (exact) mass is 287 g/mol. The van der Waals surface area contributed by atoms with Crippen LogP contribution in [0.3, 0.4) is 0 Å². The average molecular weight is 288 g/mol. The van der Waals surface area contributed by atoms with Crippen molar-refractivity contribution in [3.63, 3.8) is 0 Å². The van der Waals surface area contributed by atoms with E-state index in [2.05, 4.69) is 6.07 Å². The molecule has 0 heterocycles. The Hall–Kier alpha value is -2.02. The third-order valence-electron chi connectivity index (χ3n) is 2.87. The van der Waals surface area contributed by atoms with Crippen LogP contribution in [0.4, 0.5) is 0 Å². The van der Waals surface area contributed by atoms with E-state index in [0.717, 1.165) is 5.56 Å². The lowest BCUT2D eigenvalue weighted by atomic mass is 10.1. The fourth-order valence-electron chi connectivity index (χ4n) is 1.87. The normalized spacial score (nSPS) is 11.7. The second kappa shape index (κ2) is 6.42. The Bertz CT molecular complexity index is 647. The van der Waals surface area contributed by atoms with Crippen molar-refractivity contribution in [2.75, 3.05) is 0 Å². The fourth-order valence-corrected chi connectivity index (χ4v) is 2.05. The average Bonchev–Trinajstić information content (AvgIpc) is 2.46. The molecule has 0 radical (unpaired) electrons. The minimum Gasteiger partial charge on any atom is -0.489 e. The molecule has 0 bridgehead atoms. The van der Waals surface area contributed by atoms with E-state index < -0.39 is 6.10 Å². The fraction of sp³-hybridized carbons (Fsp3) is 0.188. The van der Waals surface area contributed by atoms with Crippen molar-refractivity contribution in [1.29, 1.82) is 5.26 Å². The van der Waals surface area contributed by atoms with Crippen LogP contribution in [-0.4, -0.2) is 5.11 Å². The van der Waals surface area contributed by atoms with E-state index in [1.165, 1.54) is 0 Å². The predicted octanol–water partition coefficient (Wildman–Crippen LogP) is 3.84. The smallest absolute Gasteiger partial charge is 0.125 e. The lowest BCUT2D eigenvalue weighted by Gasteiger charge is -2.14. The first kappa shape index (κ1) is 14.4. The Morgan fingerprint density at radius 2 is 2.10 bits per heavy atom. The summed E-state index contributed by atoms with van der Waals surface area (Å²) in [5.41, 5.74) is 2.14. The largest absolute Gasteiger partial charge is 0.489 e. The number of aliphatic hydroxyl groups excluding tert-OH is 1. The highest BCUT2D eigenvalue weighted by atomic mass is 35.5. The number of benzene rings is 2. The lowest BCUT2D eigenvalue weighted by Crippen LogP contribution is -2.01. The van der Waals surface area contributed by atoms with E-state index in [0.29, 0.717) is 28.5 Å². The van der Waals surface area contributed by atoms with Crippen LogP contribution < -0.4 is 4.74 Å². The van der Waals surface area contributed by atoms with Crippen molar-refractivity contribution in [2.45, 2.75) is 19.6 Å². The summed E-state index contributed by atoms with van der Waals surface area (Å²) in [6, 6.07) is 14.4. The number of hydrogen-bond acceptors (Lipinski definition) is 3. The van der Waals surface area contributed by atoms with Crippen molar-refractivity contribution in [2.24, 2.45) is 0 Å². The maximum atomic E-state index is 9.73. The quantitative estimate of drug-likeness (QED) is 0.929. The summed E-state index contributed by atoms with van der Waals surface area (Å²) < 4.78 is 5.71. The van der Waals surface area contributed by atoms with Crippen LogP contribution in [0.1, 0.15) is 29.7 Å². The van der Waals surface area contributed by atoms with E-state index in [4.69, 9.17) is 21.6 Å². The third kappa shape index (κ3) is 3.51. The molecule has 3 nitrogen and oxygen atoms in total. The molecule has 0 aliphatic heterocycles. The maximum absolute atomic E-state index is 9.73. The van der Waals surface area contributed by atoms with Crippen molar-refractivity contribution in [1.82, 2.24) is 0 Å². The summed E-state index contributed by atoms with van der Waals surface area (Å²) in [4.78, 5) is 0. The predicted molar refractivity (Wildman–Crippen MR) is 77.6 cm³/mol. The summed E-state index contributed by atoms with van der Waals surface area (Å²) in [7, 11) is 0. The highest BCUT2D eigenvalue weighted by Gasteiger charge is 2.10. The van der Waals surface area contributed by atoms with E-state index in [-0.39, 0.29) is 0 Å². The van der Waals surface area contributed by atoms with Gasteiger partial charge in [-0.25, -0.2) is 0 Å². The molecule has 0 saturated carbocycles. The summed E-state index contributed by atoms with van der Waals surface area (Å²) in [6.07, 6.45) is -0.658. The zero-order valence-corrected chi connectivity index (χ0v) is 11.8. The van der Waals surface area contributed by atoms with Gasteiger partial charge in [-0.2, -0.15) is 5.26 Å². The molecule has 2 aromatic rings. The molecule has 0 aromatic heterocycles. The first-order valence-corrected chi connectivity index (χ1v) is 6.57. The Labute approximate surface area is 123 Å². The van der Waals surface area contributed by atoms with Gasteiger partial charge in [-0.3, -0.25) is 0 Å². The molecule has 20 heavy (non-hydrogen) atoms. The molecule has 0 fully saturated rings. The van der Waals surface area contributed by atoms with E-state index in [1.807, 2.05) is 12.1 Å². The van der Waals surface area contributed by atoms with Gasteiger partial charge in [0.25, 0.3) is 0 Å².